The molecule has 0 aliphatic carbocycles. The van der Waals surface area contributed by atoms with Crippen LogP contribution in [-0.4, -0.2) is 66.4 Å². The predicted octanol–water partition coefficient (Wildman–Crippen LogP) is 0.690. The van der Waals surface area contributed by atoms with Gasteiger partial charge in [-0.3, -0.25) is 4.79 Å². The van der Waals surface area contributed by atoms with E-state index in [1.807, 2.05) is 0 Å². The molecular weight excluding hydrogens is 420 g/mol. The summed E-state index contributed by atoms with van der Waals surface area (Å²) in [5.41, 5.74) is -2.10. The third kappa shape index (κ3) is 6.59. The number of aliphatic hydroxyl groups is 2. The predicted molar refractivity (Wildman–Crippen MR) is 112 cm³/mol. The number of hydrogen-bond acceptors (Lipinski definition) is 7. The quantitative estimate of drug-likeness (QED) is 0.190. The van der Waals surface area contributed by atoms with Crippen LogP contribution in [0.4, 0.5) is 0 Å². The molecule has 0 aliphatic rings. The Morgan fingerprint density at radius 2 is 1.22 bits per heavy atom. The van der Waals surface area contributed by atoms with Crippen molar-refractivity contribution in [1.29, 1.82) is 0 Å². The molecule has 2 aromatic rings. The molecule has 0 spiro atoms. The summed E-state index contributed by atoms with van der Waals surface area (Å²) in [5.74, 6) is -5.08. The van der Waals surface area contributed by atoms with E-state index < -0.39 is 48.7 Å². The molecule has 2 unspecified atom stereocenters. The number of benzene rings is 2. The number of carboxylic acid groups (broad SMARTS) is 3. The molecule has 0 radical (unpaired) electrons. The first-order valence-electron chi connectivity index (χ1n) is 9.83. The monoisotopic (exact) mass is 446 g/mol. The Morgan fingerprint density at radius 3 is 1.62 bits per heavy atom. The summed E-state index contributed by atoms with van der Waals surface area (Å²) in [6.45, 7) is -1.08. The summed E-state index contributed by atoms with van der Waals surface area (Å²) in [6.07, 6.45) is -0.748. The van der Waals surface area contributed by atoms with Crippen LogP contribution in [0.25, 0.3) is 0 Å². The fourth-order valence-electron chi connectivity index (χ4n) is 3.12. The van der Waals surface area contributed by atoms with Gasteiger partial charge in [0, 0.05) is 12.8 Å². The molecule has 0 bridgehead atoms. The number of hydrazine groups is 1. The van der Waals surface area contributed by atoms with E-state index in [-0.39, 0.29) is 12.8 Å². The lowest BCUT2D eigenvalue weighted by molar-refractivity contribution is -0.217. The van der Waals surface area contributed by atoms with Gasteiger partial charge in [-0.1, -0.05) is 60.7 Å². The Bertz CT molecular complexity index is 924. The van der Waals surface area contributed by atoms with E-state index in [1.54, 1.807) is 60.7 Å². The number of aryl methyl sites for hydroxylation is 2. The Balaban J connectivity index is 2.29. The van der Waals surface area contributed by atoms with Crippen molar-refractivity contribution in [3.05, 3.63) is 71.8 Å². The van der Waals surface area contributed by atoms with Gasteiger partial charge >= 0.3 is 17.9 Å². The number of carboxylic acids is 3. The molecule has 32 heavy (non-hydrogen) atoms. The van der Waals surface area contributed by atoms with Crippen LogP contribution in [0.5, 0.6) is 0 Å². The van der Waals surface area contributed by atoms with Crippen molar-refractivity contribution in [3.63, 3.8) is 0 Å². The zero-order valence-electron chi connectivity index (χ0n) is 17.2. The fourth-order valence-corrected chi connectivity index (χ4v) is 3.12. The van der Waals surface area contributed by atoms with E-state index >= 15 is 0 Å². The second-order valence-corrected chi connectivity index (χ2v) is 7.35. The summed E-state index contributed by atoms with van der Waals surface area (Å²) in [4.78, 5) is 35.1. The molecule has 0 aliphatic heterocycles. The fraction of sp³-hybridized carbons (Fsp3) is 0.318. The first kappa shape index (κ1) is 25.0. The minimum Gasteiger partial charge on any atom is -0.480 e. The molecule has 6 N–H and O–H groups in total. The number of carbonyl (C=O) groups is 3. The smallest absolute Gasteiger partial charge is 0.352 e. The number of rotatable bonds is 13. The van der Waals surface area contributed by atoms with Crippen molar-refractivity contribution >= 4 is 17.9 Å². The summed E-state index contributed by atoms with van der Waals surface area (Å²) in [5, 5.41) is 50.5. The summed E-state index contributed by atoms with van der Waals surface area (Å²) in [6, 6.07) is 17.2. The van der Waals surface area contributed by atoms with Crippen LogP contribution in [0.15, 0.2) is 60.7 Å². The van der Waals surface area contributed by atoms with Crippen LogP contribution < -0.4 is 5.43 Å². The first-order valence-corrected chi connectivity index (χ1v) is 9.83. The van der Waals surface area contributed by atoms with Crippen molar-refractivity contribution in [3.8, 4) is 0 Å². The van der Waals surface area contributed by atoms with E-state index in [9.17, 15) is 39.9 Å². The molecule has 0 fully saturated rings. The third-order valence-electron chi connectivity index (χ3n) is 4.98. The lowest BCUT2D eigenvalue weighted by atomic mass is 10.0. The molecule has 0 amide bonds. The van der Waals surface area contributed by atoms with E-state index in [4.69, 9.17) is 0 Å². The van der Waals surface area contributed by atoms with Crippen molar-refractivity contribution in [2.75, 3.05) is 6.54 Å². The summed E-state index contributed by atoms with van der Waals surface area (Å²) in [7, 11) is 0. The zero-order chi connectivity index (χ0) is 23.8. The molecule has 0 aromatic heterocycles. The van der Waals surface area contributed by atoms with Gasteiger partial charge in [0.05, 0.1) is 0 Å². The topological polar surface area (TPSA) is 168 Å². The van der Waals surface area contributed by atoms with Gasteiger partial charge in [0.15, 0.2) is 0 Å². The largest absolute Gasteiger partial charge is 0.480 e. The summed E-state index contributed by atoms with van der Waals surface area (Å²) < 4.78 is 0. The zero-order valence-corrected chi connectivity index (χ0v) is 17.2. The Hall–Kier alpha value is -3.31. The van der Waals surface area contributed by atoms with Gasteiger partial charge in [-0.2, -0.15) is 5.01 Å². The standard InChI is InChI=1S/C22H26N2O8/c25-18(26)15-24(22(32,20(29)30)14-12-17-9-5-2-6-10-17)23-21(31,19(27)28)13-11-16-7-3-1-4-8-16/h1-10,23,31-32H,11-15H2,(H,25,26)(H,27,28)(H,29,30). The van der Waals surface area contributed by atoms with Crippen LogP contribution in [0.3, 0.4) is 0 Å². The molecule has 2 rings (SSSR count). The highest BCUT2D eigenvalue weighted by Crippen LogP contribution is 2.22. The van der Waals surface area contributed by atoms with E-state index in [2.05, 4.69) is 5.43 Å². The Kier molecular flexibility index (Phi) is 8.44. The lowest BCUT2D eigenvalue weighted by Crippen LogP contribution is -2.69. The Morgan fingerprint density at radius 1 is 0.750 bits per heavy atom. The molecule has 0 heterocycles. The van der Waals surface area contributed by atoms with Gasteiger partial charge in [-0.15, -0.1) is 0 Å². The second kappa shape index (κ2) is 10.8. The normalized spacial score (nSPS) is 15.0. The van der Waals surface area contributed by atoms with Crippen LogP contribution in [0, 0.1) is 0 Å². The highest BCUT2D eigenvalue weighted by Gasteiger charge is 2.48. The maximum absolute atomic E-state index is 11.9. The Labute approximate surface area is 184 Å². The average molecular weight is 446 g/mol. The van der Waals surface area contributed by atoms with Gasteiger partial charge in [0.25, 0.3) is 0 Å². The molecule has 10 nitrogen and oxygen atoms in total. The molecule has 0 saturated heterocycles. The number of aliphatic carboxylic acids is 3. The molecular formula is C22H26N2O8. The van der Waals surface area contributed by atoms with Crippen LogP contribution >= 0.6 is 0 Å². The molecule has 0 saturated carbocycles. The summed E-state index contributed by atoms with van der Waals surface area (Å²) >= 11 is 0. The highest BCUT2D eigenvalue weighted by molar-refractivity contribution is 5.79. The molecule has 10 heteroatoms. The van der Waals surface area contributed by atoms with E-state index in [0.29, 0.717) is 16.1 Å². The van der Waals surface area contributed by atoms with Gasteiger partial charge in [-0.25, -0.2) is 15.0 Å². The first-order chi connectivity index (χ1) is 15.1. The van der Waals surface area contributed by atoms with Gasteiger partial charge in [-0.05, 0) is 24.0 Å². The van der Waals surface area contributed by atoms with E-state index in [0.717, 1.165) is 0 Å². The maximum Gasteiger partial charge on any atom is 0.352 e. The van der Waals surface area contributed by atoms with Crippen molar-refractivity contribution in [1.82, 2.24) is 10.4 Å². The second-order valence-electron chi connectivity index (χ2n) is 7.35. The lowest BCUT2D eigenvalue weighted by Gasteiger charge is -2.40. The molecule has 172 valence electrons. The maximum atomic E-state index is 11.9. The van der Waals surface area contributed by atoms with Gasteiger partial charge in [0.1, 0.15) is 6.54 Å². The van der Waals surface area contributed by atoms with Crippen molar-refractivity contribution in [2.24, 2.45) is 0 Å². The van der Waals surface area contributed by atoms with Crippen molar-refractivity contribution in [2.45, 2.75) is 37.1 Å². The molecule has 2 aromatic carbocycles. The number of hydrogen-bond donors (Lipinski definition) is 6. The average Bonchev–Trinajstić information content (AvgIpc) is 2.76. The van der Waals surface area contributed by atoms with Gasteiger partial charge < -0.3 is 25.5 Å². The SMILES string of the molecule is O=C(O)CN(NC(O)(CCc1ccccc1)C(=O)O)C(O)(CCc1ccccc1)C(=O)O. The van der Waals surface area contributed by atoms with Crippen LogP contribution in [0.2, 0.25) is 0 Å². The number of nitrogens with zero attached hydrogens (tertiary/aromatic N) is 1. The van der Waals surface area contributed by atoms with Gasteiger partial charge in [0.2, 0.25) is 11.4 Å². The minimum atomic E-state index is -2.82. The molecule has 2 atom stereocenters. The highest BCUT2D eigenvalue weighted by atomic mass is 16.4. The number of nitrogens with one attached hydrogen (secondary N) is 1. The third-order valence-corrected chi connectivity index (χ3v) is 4.98. The van der Waals surface area contributed by atoms with Crippen molar-refractivity contribution < 1.29 is 39.9 Å². The van der Waals surface area contributed by atoms with Crippen LogP contribution in [0.1, 0.15) is 24.0 Å². The minimum absolute atomic E-state index is 0.0525. The van der Waals surface area contributed by atoms with Crippen LogP contribution in [-0.2, 0) is 27.2 Å². The van der Waals surface area contributed by atoms with E-state index in [1.165, 1.54) is 0 Å².